The lowest BCUT2D eigenvalue weighted by atomic mass is 9.89. The fraction of sp³-hybridized carbons (Fsp3) is 0. The number of ketones is 2. The van der Waals surface area contributed by atoms with Crippen molar-refractivity contribution >= 4 is 22.7 Å². The van der Waals surface area contributed by atoms with E-state index < -0.39 is 0 Å². The average molecular weight is 415 g/mol. The maximum Gasteiger partial charge on any atom is 0.186 e. The van der Waals surface area contributed by atoms with Crippen molar-refractivity contribution in [2.24, 2.45) is 0 Å². The number of rotatable bonds is 7. The van der Waals surface area contributed by atoms with Gasteiger partial charge in [-0.05, 0) is 34.4 Å². The van der Waals surface area contributed by atoms with Crippen LogP contribution in [0.3, 0.4) is 0 Å². The Morgan fingerprint density at radius 1 is 0.375 bits per heavy atom. The Kier molecular flexibility index (Phi) is 6.64. The molecule has 0 fully saturated rings. The normalized spacial score (nSPS) is 11.8. The molecular formula is C30H22O2. The summed E-state index contributed by atoms with van der Waals surface area (Å²) in [7, 11) is 0. The molecule has 2 nitrogen and oxygen atoms in total. The van der Waals surface area contributed by atoms with E-state index in [2.05, 4.69) is 0 Å². The second kappa shape index (κ2) is 10.1. The zero-order valence-corrected chi connectivity index (χ0v) is 17.5. The molecule has 0 radical (unpaired) electrons. The second-order valence-corrected chi connectivity index (χ2v) is 7.31. The fourth-order valence-electron chi connectivity index (χ4n) is 3.50. The largest absolute Gasteiger partial charge is 0.289 e. The molecule has 4 aromatic carbocycles. The van der Waals surface area contributed by atoms with Crippen LogP contribution in [0.5, 0.6) is 0 Å². The molecule has 0 amide bonds. The van der Waals surface area contributed by atoms with Crippen LogP contribution < -0.4 is 0 Å². The smallest absolute Gasteiger partial charge is 0.186 e. The Hall–Kier alpha value is -4.30. The standard InChI is InChI=1S/C30H22O2/c31-29(25-17-9-3-10-18-25)21-27(23-13-5-1-6-14-23)28(24-15-7-2-8-16-24)22-30(32)26-19-11-4-12-20-26/h1-22H. The van der Waals surface area contributed by atoms with E-state index in [4.69, 9.17) is 0 Å². The van der Waals surface area contributed by atoms with Gasteiger partial charge in [0.25, 0.3) is 0 Å². The molecule has 0 aliphatic rings. The first kappa shape index (κ1) is 21.0. The van der Waals surface area contributed by atoms with Crippen LogP contribution >= 0.6 is 0 Å². The highest BCUT2D eigenvalue weighted by Crippen LogP contribution is 2.32. The van der Waals surface area contributed by atoms with Crippen molar-refractivity contribution < 1.29 is 9.59 Å². The third-order valence-electron chi connectivity index (χ3n) is 5.13. The van der Waals surface area contributed by atoms with Gasteiger partial charge in [0.05, 0.1) is 0 Å². The summed E-state index contributed by atoms with van der Waals surface area (Å²) in [5.74, 6) is -0.225. The molecule has 0 atom stereocenters. The van der Waals surface area contributed by atoms with Crippen molar-refractivity contribution in [2.45, 2.75) is 0 Å². The highest BCUT2D eigenvalue weighted by molar-refractivity contribution is 6.21. The van der Waals surface area contributed by atoms with E-state index in [1.54, 1.807) is 36.4 Å². The third kappa shape index (κ3) is 5.05. The molecule has 4 aromatic rings. The van der Waals surface area contributed by atoms with Crippen LogP contribution in [0.2, 0.25) is 0 Å². The summed E-state index contributed by atoms with van der Waals surface area (Å²) in [5.41, 5.74) is 4.34. The zero-order chi connectivity index (χ0) is 22.2. The number of carbonyl (C=O) groups is 2. The Balaban J connectivity index is 1.89. The lowest BCUT2D eigenvalue weighted by molar-refractivity contribution is 0.103. The molecule has 0 N–H and O–H groups in total. The van der Waals surface area contributed by atoms with Crippen LogP contribution in [0.25, 0.3) is 11.1 Å². The van der Waals surface area contributed by atoms with E-state index in [1.807, 2.05) is 97.1 Å². The molecular weight excluding hydrogens is 392 g/mol. The first-order valence-electron chi connectivity index (χ1n) is 10.5. The van der Waals surface area contributed by atoms with E-state index >= 15 is 0 Å². The minimum atomic E-state index is -0.113. The molecule has 0 spiro atoms. The highest BCUT2D eigenvalue weighted by Gasteiger charge is 2.16. The van der Waals surface area contributed by atoms with E-state index in [9.17, 15) is 9.59 Å². The van der Waals surface area contributed by atoms with Crippen LogP contribution in [-0.2, 0) is 0 Å². The molecule has 4 rings (SSSR count). The molecule has 0 unspecified atom stereocenters. The molecule has 2 heteroatoms. The predicted molar refractivity (Wildman–Crippen MR) is 130 cm³/mol. The van der Waals surface area contributed by atoms with E-state index in [0.29, 0.717) is 22.3 Å². The molecule has 154 valence electrons. The second-order valence-electron chi connectivity index (χ2n) is 7.31. The molecule has 0 aliphatic heterocycles. The monoisotopic (exact) mass is 414 g/mol. The van der Waals surface area contributed by atoms with Crippen LogP contribution in [0, 0.1) is 0 Å². The predicted octanol–water partition coefficient (Wildman–Crippen LogP) is 6.92. The van der Waals surface area contributed by atoms with Crippen molar-refractivity contribution in [3.05, 3.63) is 156 Å². The van der Waals surface area contributed by atoms with Gasteiger partial charge in [0.15, 0.2) is 11.6 Å². The lowest BCUT2D eigenvalue weighted by Gasteiger charge is -2.14. The van der Waals surface area contributed by atoms with Crippen LogP contribution in [0.4, 0.5) is 0 Å². The summed E-state index contributed by atoms with van der Waals surface area (Å²) >= 11 is 0. The quantitative estimate of drug-likeness (QED) is 0.187. The van der Waals surface area contributed by atoms with Gasteiger partial charge < -0.3 is 0 Å². The van der Waals surface area contributed by atoms with Gasteiger partial charge in [0.2, 0.25) is 0 Å². The average Bonchev–Trinajstić information content (AvgIpc) is 2.88. The minimum Gasteiger partial charge on any atom is -0.289 e. The van der Waals surface area contributed by atoms with Gasteiger partial charge in [-0.3, -0.25) is 9.59 Å². The van der Waals surface area contributed by atoms with Gasteiger partial charge in [-0.25, -0.2) is 0 Å². The van der Waals surface area contributed by atoms with Crippen molar-refractivity contribution in [1.29, 1.82) is 0 Å². The number of allylic oxidation sites excluding steroid dienone is 4. The molecule has 0 aliphatic carbocycles. The lowest BCUT2D eigenvalue weighted by Crippen LogP contribution is -2.01. The van der Waals surface area contributed by atoms with Crippen LogP contribution in [-0.4, -0.2) is 11.6 Å². The number of carbonyl (C=O) groups excluding carboxylic acids is 2. The van der Waals surface area contributed by atoms with Crippen LogP contribution in [0.15, 0.2) is 133 Å². The van der Waals surface area contributed by atoms with E-state index in [-0.39, 0.29) is 11.6 Å². The summed E-state index contributed by atoms with van der Waals surface area (Å²) in [6.07, 6.45) is 3.25. The third-order valence-corrected chi connectivity index (χ3v) is 5.13. The van der Waals surface area contributed by atoms with Gasteiger partial charge in [0, 0.05) is 11.1 Å². The molecule has 32 heavy (non-hydrogen) atoms. The zero-order valence-electron chi connectivity index (χ0n) is 17.5. The maximum atomic E-state index is 13.1. The number of hydrogen-bond donors (Lipinski definition) is 0. The van der Waals surface area contributed by atoms with Gasteiger partial charge in [-0.2, -0.15) is 0 Å². The number of hydrogen-bond acceptors (Lipinski definition) is 2. The Labute approximate surface area is 188 Å². The summed E-state index contributed by atoms with van der Waals surface area (Å²) in [4.78, 5) is 26.3. The topological polar surface area (TPSA) is 34.1 Å². The first-order chi connectivity index (χ1) is 15.7. The number of benzene rings is 4. The summed E-state index contributed by atoms with van der Waals surface area (Å²) in [5, 5.41) is 0. The first-order valence-corrected chi connectivity index (χ1v) is 10.5. The SMILES string of the molecule is O=C(C=C(C(=CC(=O)c1ccccc1)c1ccccc1)c1ccccc1)c1ccccc1. The molecule has 0 saturated heterocycles. The molecule has 0 saturated carbocycles. The minimum absolute atomic E-state index is 0.113. The maximum absolute atomic E-state index is 13.1. The van der Waals surface area contributed by atoms with Crippen molar-refractivity contribution in [3.8, 4) is 0 Å². The molecule has 0 aromatic heterocycles. The molecule has 0 heterocycles. The fourth-order valence-corrected chi connectivity index (χ4v) is 3.50. The van der Waals surface area contributed by atoms with Crippen molar-refractivity contribution in [3.63, 3.8) is 0 Å². The summed E-state index contributed by atoms with van der Waals surface area (Å²) < 4.78 is 0. The Morgan fingerprint density at radius 3 is 0.906 bits per heavy atom. The van der Waals surface area contributed by atoms with Crippen molar-refractivity contribution in [1.82, 2.24) is 0 Å². The van der Waals surface area contributed by atoms with Crippen LogP contribution in [0.1, 0.15) is 31.8 Å². The molecule has 0 bridgehead atoms. The van der Waals surface area contributed by atoms with Gasteiger partial charge in [-0.15, -0.1) is 0 Å². The van der Waals surface area contributed by atoms with E-state index in [1.165, 1.54) is 0 Å². The Bertz CT molecular complexity index is 1150. The van der Waals surface area contributed by atoms with Gasteiger partial charge >= 0.3 is 0 Å². The Morgan fingerprint density at radius 2 is 0.625 bits per heavy atom. The van der Waals surface area contributed by atoms with Gasteiger partial charge in [0.1, 0.15) is 0 Å². The summed E-state index contributed by atoms with van der Waals surface area (Å²) in [6, 6.07) is 37.7. The van der Waals surface area contributed by atoms with E-state index in [0.717, 1.165) is 11.1 Å². The summed E-state index contributed by atoms with van der Waals surface area (Å²) in [6.45, 7) is 0. The van der Waals surface area contributed by atoms with Crippen molar-refractivity contribution in [2.75, 3.05) is 0 Å². The highest BCUT2D eigenvalue weighted by atomic mass is 16.1. The van der Waals surface area contributed by atoms with Gasteiger partial charge in [-0.1, -0.05) is 121 Å².